The Kier molecular flexibility index (Phi) is 24.8. The first kappa shape index (κ1) is 86.6. The predicted octanol–water partition coefficient (Wildman–Crippen LogP) is 10.9. The van der Waals surface area contributed by atoms with Crippen molar-refractivity contribution in [3.63, 3.8) is 0 Å². The molecule has 2 saturated heterocycles. The molecule has 10 aliphatic rings. The number of alkyl halides is 6. The van der Waals surface area contributed by atoms with Crippen LogP contribution in [-0.2, 0) is 77.4 Å². The van der Waals surface area contributed by atoms with Crippen molar-refractivity contribution in [3.8, 4) is 23.0 Å². The molecule has 628 valence electrons. The van der Waals surface area contributed by atoms with E-state index in [4.69, 9.17) is 37.9 Å². The first-order valence-electron chi connectivity index (χ1n) is 39.0. The van der Waals surface area contributed by atoms with E-state index in [-0.39, 0.29) is 74.9 Å². The fourth-order valence-corrected chi connectivity index (χ4v) is 18.7. The van der Waals surface area contributed by atoms with Crippen LogP contribution in [0.25, 0.3) is 0 Å². The third kappa shape index (κ3) is 19.0. The van der Waals surface area contributed by atoms with E-state index in [1.165, 1.54) is 34.1 Å². The van der Waals surface area contributed by atoms with Crippen LogP contribution in [0.5, 0.6) is 23.0 Å². The largest absolute Gasteiger partial charge is 0.486 e. The number of ketones is 2. The Hall–Kier alpha value is -8.30. The summed E-state index contributed by atoms with van der Waals surface area (Å²) in [7, 11) is -8.11. The molecular formula is C80H102F6N4O22S2. The van der Waals surface area contributed by atoms with Gasteiger partial charge in [-0.3, -0.25) is 47.8 Å². The van der Waals surface area contributed by atoms with E-state index in [2.05, 4.69) is 9.44 Å². The third-order valence-electron chi connectivity index (χ3n) is 24.6. The molecule has 2 aromatic rings. The van der Waals surface area contributed by atoms with Gasteiger partial charge in [-0.1, -0.05) is 52.0 Å². The number of hydrogen-bond donors (Lipinski definition) is 2. The molecule has 34 heteroatoms. The van der Waals surface area contributed by atoms with Gasteiger partial charge in [0.1, 0.15) is 38.6 Å². The van der Waals surface area contributed by atoms with E-state index in [1.54, 1.807) is 39.8 Å². The van der Waals surface area contributed by atoms with Gasteiger partial charge >= 0.3 is 36.2 Å². The highest BCUT2D eigenvalue weighted by molar-refractivity contribution is 7.92. The van der Waals surface area contributed by atoms with Gasteiger partial charge in [0.15, 0.2) is 34.6 Å². The highest BCUT2D eigenvalue weighted by atomic mass is 32.2. The summed E-state index contributed by atoms with van der Waals surface area (Å²) in [5, 5.41) is 0. The average Bonchev–Trinajstić information content (AvgIpc) is 1.57. The minimum Gasteiger partial charge on any atom is -0.486 e. The lowest BCUT2D eigenvalue weighted by molar-refractivity contribution is -0.257. The van der Waals surface area contributed by atoms with E-state index in [9.17, 15) is 91.1 Å². The molecule has 4 saturated carbocycles. The van der Waals surface area contributed by atoms with E-state index in [1.807, 2.05) is 38.2 Å². The van der Waals surface area contributed by atoms with Crippen LogP contribution in [0.3, 0.4) is 0 Å². The fourth-order valence-electron chi connectivity index (χ4n) is 16.1. The van der Waals surface area contributed by atoms with E-state index in [0.29, 0.717) is 128 Å². The summed E-state index contributed by atoms with van der Waals surface area (Å²) in [6.07, 6.45) is -1.97. The summed E-state index contributed by atoms with van der Waals surface area (Å²) in [5.74, 6) is -11.2. The molecule has 12 rings (SSSR count). The number of amides is 4. The van der Waals surface area contributed by atoms with E-state index >= 15 is 0 Å². The van der Waals surface area contributed by atoms with Crippen molar-refractivity contribution in [3.05, 3.63) is 71.8 Å². The number of carbonyl (C=O) groups is 10. The summed E-state index contributed by atoms with van der Waals surface area (Å²) in [6.45, 7) is 13.9. The van der Waals surface area contributed by atoms with Crippen molar-refractivity contribution < 1.29 is 129 Å². The molecule has 0 aromatic heterocycles. The highest BCUT2D eigenvalue weighted by Gasteiger charge is 2.65. The number of allylic oxidation sites excluding steroid dienone is 4. The number of benzene rings is 2. The number of carbonyl (C=O) groups excluding carboxylic acids is 10. The SMILES string of the molecule is C[C@@H]1CC/C=C\[C@@H]2C[C@@]2(C(=O)NS(=O)(=O)C2(C)CC2)CC(=O)[C@@H]2C[C@@H](OC(=O)c3ccc4c(c3)OCCO4)CN2C(=O)[C@@H](CC(=O)OC(C)(C)C(F)(F)F)[C@H](C)C1.C[C@H]1CC/C=C\[C@@H]2C[C@@]2(C(=O)NS(=O)(=O)C2(C)CC2)CC(=O)[C@@H]2C[C@@H](OC(=O)c3ccc4c(c3)OCCO4)CN2C(=O)[C@@H](CC(=O)OC(C)(C)C(F)(F)F)[C@H](C)C1. The molecule has 14 atom stereocenters. The van der Waals surface area contributed by atoms with Crippen LogP contribution in [-0.4, -0.2) is 183 Å². The monoisotopic (exact) mass is 1650 g/mol. The second-order valence-electron chi connectivity index (χ2n) is 34.5. The van der Waals surface area contributed by atoms with Gasteiger partial charge < -0.3 is 47.7 Å². The van der Waals surface area contributed by atoms with E-state index < -0.39 is 208 Å². The number of esters is 4. The first-order chi connectivity index (χ1) is 53.1. The van der Waals surface area contributed by atoms with Crippen molar-refractivity contribution in [1.29, 1.82) is 0 Å². The maximum absolute atomic E-state index is 14.7. The van der Waals surface area contributed by atoms with Crippen LogP contribution in [0.2, 0.25) is 0 Å². The minimum atomic E-state index is -4.89. The molecule has 4 aliphatic carbocycles. The Balaban J connectivity index is 0.000000225. The summed E-state index contributed by atoms with van der Waals surface area (Å²) < 4.78 is 181. The Morgan fingerprint density at radius 2 is 0.860 bits per heavy atom. The van der Waals surface area contributed by atoms with Gasteiger partial charge in [0.2, 0.25) is 54.9 Å². The van der Waals surface area contributed by atoms with Gasteiger partial charge in [-0.25, -0.2) is 26.4 Å². The molecule has 6 fully saturated rings. The topological polar surface area (TPSA) is 343 Å². The van der Waals surface area contributed by atoms with Crippen LogP contribution in [0.4, 0.5) is 26.3 Å². The zero-order chi connectivity index (χ0) is 83.4. The molecule has 26 nitrogen and oxygen atoms in total. The summed E-state index contributed by atoms with van der Waals surface area (Å²) in [5.41, 5.74) is -8.29. The van der Waals surface area contributed by atoms with Gasteiger partial charge in [-0.05, 0) is 190 Å². The normalized spacial score (nSPS) is 30.8. The molecule has 6 heterocycles. The summed E-state index contributed by atoms with van der Waals surface area (Å²) in [6, 6.07) is 6.42. The van der Waals surface area contributed by atoms with Gasteiger partial charge in [0.05, 0.1) is 81.3 Å². The van der Waals surface area contributed by atoms with Crippen molar-refractivity contribution in [1.82, 2.24) is 19.2 Å². The number of sulfonamides is 2. The molecule has 0 spiro atoms. The Morgan fingerprint density at radius 3 is 1.19 bits per heavy atom. The molecule has 2 N–H and O–H groups in total. The number of rotatable bonds is 16. The number of hydrogen-bond acceptors (Lipinski definition) is 22. The van der Waals surface area contributed by atoms with Crippen molar-refractivity contribution >= 4 is 79.1 Å². The zero-order valence-corrected chi connectivity index (χ0v) is 67.3. The molecular weight excluding hydrogens is 1550 g/mol. The standard InChI is InChI=1S/2C40H51F3N2O11S/c2*1-23-8-6-7-9-26-20-39(26,36(50)44-57(51,52)38(5)12-13-38)21-30(46)29-18-27(55-35(49)25-10-11-31-32(17-25)54-15-14-53-31)22-45(29)34(48)28(24(2)16-23)19-33(47)56-37(3,4)40(41,42)43/h2*7,9-11,17,23-24,26-29H,6,8,12-16,18-22H2,1-5H3,(H,44,50)/b2*9-7-/t23-,24+,26+,27+,28-,29-,39+;23-,24-,26-,27-,28+,29+,39-/m01/s1. The lowest BCUT2D eigenvalue weighted by atomic mass is 9.82. The van der Waals surface area contributed by atoms with Crippen LogP contribution in [0, 0.1) is 58.2 Å². The Bertz CT molecular complexity index is 4130. The van der Waals surface area contributed by atoms with Crippen molar-refractivity contribution in [2.75, 3.05) is 39.5 Å². The van der Waals surface area contributed by atoms with Crippen molar-refractivity contribution in [2.45, 2.75) is 242 Å². The maximum Gasteiger partial charge on any atom is 0.427 e. The molecule has 0 radical (unpaired) electrons. The van der Waals surface area contributed by atoms with Gasteiger partial charge in [-0.15, -0.1) is 0 Å². The third-order valence-corrected chi connectivity index (χ3v) is 28.9. The number of fused-ring (bicyclic) bond motifs is 6. The number of nitrogens with zero attached hydrogens (tertiary/aromatic N) is 2. The molecule has 2 aromatic carbocycles. The van der Waals surface area contributed by atoms with Gasteiger partial charge in [-0.2, -0.15) is 26.3 Å². The van der Waals surface area contributed by atoms with Crippen LogP contribution in [0.1, 0.15) is 206 Å². The molecule has 4 amide bonds. The second kappa shape index (κ2) is 32.6. The number of Topliss-reactive ketones (excluding diaryl/α,β-unsaturated/α-hetero) is 2. The van der Waals surface area contributed by atoms with Crippen LogP contribution < -0.4 is 28.4 Å². The zero-order valence-electron chi connectivity index (χ0n) is 65.6. The fraction of sp³-hybridized carbons (Fsp3) is 0.675. The van der Waals surface area contributed by atoms with E-state index in [0.717, 1.165) is 0 Å². The highest BCUT2D eigenvalue weighted by Crippen LogP contribution is 2.60. The van der Waals surface area contributed by atoms with Crippen LogP contribution >= 0.6 is 0 Å². The average molecular weight is 1650 g/mol. The van der Waals surface area contributed by atoms with Crippen LogP contribution in [0.15, 0.2) is 60.7 Å². The lowest BCUT2D eigenvalue weighted by Gasteiger charge is -2.33. The predicted molar refractivity (Wildman–Crippen MR) is 395 cm³/mol. The number of halogens is 6. The molecule has 0 unspecified atom stereocenters. The quantitative estimate of drug-likeness (QED) is 0.0682. The first-order valence-corrected chi connectivity index (χ1v) is 42.0. The summed E-state index contributed by atoms with van der Waals surface area (Å²) in [4.78, 5) is 142. The smallest absolute Gasteiger partial charge is 0.427 e. The van der Waals surface area contributed by atoms with Gasteiger partial charge in [0.25, 0.3) is 0 Å². The Labute approximate surface area is 659 Å². The molecule has 6 aliphatic heterocycles. The molecule has 114 heavy (non-hydrogen) atoms. The second-order valence-corrected chi connectivity index (χ2v) is 38.9. The maximum atomic E-state index is 14.7. The summed E-state index contributed by atoms with van der Waals surface area (Å²) >= 11 is 0. The molecule has 0 bridgehead atoms. The minimum absolute atomic E-state index is 0.0138. The Morgan fingerprint density at radius 1 is 0.518 bits per heavy atom. The van der Waals surface area contributed by atoms with Gasteiger partial charge in [0, 0.05) is 25.7 Å². The lowest BCUT2D eigenvalue weighted by Crippen LogP contribution is -2.48. The van der Waals surface area contributed by atoms with Crippen molar-refractivity contribution in [2.24, 2.45) is 58.2 Å². The number of nitrogens with one attached hydrogen (secondary N) is 2. The number of ether oxygens (including phenoxy) is 8.